The molecule has 2 N–H and O–H groups in total. The minimum atomic E-state index is -0.262. The molecule has 0 radical (unpaired) electrons. The zero-order valence-corrected chi connectivity index (χ0v) is 15.6. The molecule has 0 unspecified atom stereocenters. The van der Waals surface area contributed by atoms with Crippen molar-refractivity contribution in [3.05, 3.63) is 65.2 Å². The number of phenols is 1. The van der Waals surface area contributed by atoms with Crippen LogP contribution in [0.4, 0.5) is 5.69 Å². The van der Waals surface area contributed by atoms with Crippen molar-refractivity contribution in [3.8, 4) is 5.75 Å². The number of aryl methyl sites for hydroxylation is 1. The van der Waals surface area contributed by atoms with Gasteiger partial charge in [0.2, 0.25) is 5.55 Å². The number of nitrogens with one attached hydrogen (secondary N) is 1. The van der Waals surface area contributed by atoms with Gasteiger partial charge in [-0.2, -0.15) is 0 Å². The summed E-state index contributed by atoms with van der Waals surface area (Å²) in [5, 5.41) is 13.4. The van der Waals surface area contributed by atoms with Crippen LogP contribution in [-0.4, -0.2) is 30.3 Å². The number of para-hydroxylation sites is 1. The van der Waals surface area contributed by atoms with Crippen molar-refractivity contribution in [3.63, 3.8) is 0 Å². The monoisotopic (exact) mass is 378 g/mol. The Hall–Kier alpha value is -3.12. The van der Waals surface area contributed by atoms with E-state index in [2.05, 4.69) is 10.3 Å². The van der Waals surface area contributed by atoms with Crippen molar-refractivity contribution < 1.29 is 19.1 Å². The van der Waals surface area contributed by atoms with Gasteiger partial charge in [-0.3, -0.25) is 4.79 Å². The predicted octanol–water partition coefficient (Wildman–Crippen LogP) is 3.59. The van der Waals surface area contributed by atoms with Crippen LogP contribution < -0.4 is 10.9 Å². The number of fused-ring (bicyclic) bond motifs is 1. The average molecular weight is 378 g/mol. The number of carbonyl (C=O) groups excluding carboxylic acids is 1. The number of amides is 1. The molecular weight excluding hydrogens is 356 g/mol. The molecule has 0 aliphatic carbocycles. The summed E-state index contributed by atoms with van der Waals surface area (Å²) < 4.78 is 11.5. The molecule has 0 bridgehead atoms. The lowest BCUT2D eigenvalue weighted by atomic mass is 10.1. The van der Waals surface area contributed by atoms with Crippen LogP contribution in [0.2, 0.25) is 0 Å². The zero-order valence-electron chi connectivity index (χ0n) is 15.6. The summed E-state index contributed by atoms with van der Waals surface area (Å²) in [5.41, 5.74) is 2.71. The lowest BCUT2D eigenvalue weighted by Gasteiger charge is -2.11. The van der Waals surface area contributed by atoms with E-state index in [9.17, 15) is 9.90 Å². The molecule has 3 aromatic rings. The van der Waals surface area contributed by atoms with Crippen molar-refractivity contribution in [2.45, 2.75) is 25.9 Å². The van der Waals surface area contributed by atoms with Crippen LogP contribution in [0.15, 0.2) is 57.9 Å². The van der Waals surface area contributed by atoms with E-state index in [0.717, 1.165) is 30.7 Å². The first-order valence-electron chi connectivity index (χ1n) is 9.37. The third-order valence-corrected chi connectivity index (χ3v) is 4.83. The van der Waals surface area contributed by atoms with Crippen LogP contribution in [0.25, 0.3) is 11.0 Å². The minimum Gasteiger partial charge on any atom is -0.508 e. The van der Waals surface area contributed by atoms with Crippen molar-refractivity contribution >= 4 is 22.6 Å². The van der Waals surface area contributed by atoms with Gasteiger partial charge in [-0.15, -0.1) is 0 Å². The van der Waals surface area contributed by atoms with E-state index in [1.165, 1.54) is 6.07 Å². The Morgan fingerprint density at radius 3 is 2.89 bits per heavy atom. The van der Waals surface area contributed by atoms with Crippen LogP contribution in [0, 0.1) is 6.92 Å². The molecule has 1 saturated heterocycles. The van der Waals surface area contributed by atoms with E-state index in [4.69, 9.17) is 9.15 Å². The van der Waals surface area contributed by atoms with Gasteiger partial charge in [0.15, 0.2) is 0 Å². The third-order valence-electron chi connectivity index (χ3n) is 4.83. The SMILES string of the molecule is Cc1ccccc1N=c1oc2cc(O)ccc2cc1C(=O)NC[C@@H]1CCCO1. The normalized spacial score (nSPS) is 17.2. The fourth-order valence-electron chi connectivity index (χ4n) is 3.26. The molecular formula is C22H22N2O4. The number of phenolic OH excluding ortho intramolecular Hbond substituents is 1. The van der Waals surface area contributed by atoms with Crippen LogP contribution in [0.3, 0.4) is 0 Å². The molecule has 1 fully saturated rings. The number of hydrogen-bond donors (Lipinski definition) is 2. The van der Waals surface area contributed by atoms with E-state index >= 15 is 0 Å². The van der Waals surface area contributed by atoms with Crippen molar-refractivity contribution in [1.82, 2.24) is 5.32 Å². The maximum absolute atomic E-state index is 12.9. The van der Waals surface area contributed by atoms with E-state index < -0.39 is 0 Å². The highest BCUT2D eigenvalue weighted by atomic mass is 16.5. The maximum Gasteiger partial charge on any atom is 0.256 e. The second-order valence-electron chi connectivity index (χ2n) is 6.93. The first-order chi connectivity index (χ1) is 13.6. The predicted molar refractivity (Wildman–Crippen MR) is 106 cm³/mol. The van der Waals surface area contributed by atoms with E-state index in [1.54, 1.807) is 18.2 Å². The quantitative estimate of drug-likeness (QED) is 0.727. The summed E-state index contributed by atoms with van der Waals surface area (Å²) in [4.78, 5) is 17.5. The summed E-state index contributed by atoms with van der Waals surface area (Å²) in [6.07, 6.45) is 2.01. The lowest BCUT2D eigenvalue weighted by Crippen LogP contribution is -2.34. The molecule has 4 rings (SSSR count). The van der Waals surface area contributed by atoms with Gasteiger partial charge in [-0.25, -0.2) is 4.99 Å². The van der Waals surface area contributed by atoms with E-state index in [1.807, 2.05) is 31.2 Å². The number of carbonyl (C=O) groups is 1. The smallest absolute Gasteiger partial charge is 0.256 e. The number of benzene rings is 2. The Morgan fingerprint density at radius 1 is 1.25 bits per heavy atom. The molecule has 2 heterocycles. The molecule has 1 amide bonds. The topological polar surface area (TPSA) is 84.1 Å². The molecule has 0 spiro atoms. The first-order valence-corrected chi connectivity index (χ1v) is 9.37. The van der Waals surface area contributed by atoms with Gasteiger partial charge in [0.05, 0.1) is 11.8 Å². The van der Waals surface area contributed by atoms with Crippen LogP contribution in [0.5, 0.6) is 5.75 Å². The largest absolute Gasteiger partial charge is 0.508 e. The highest BCUT2D eigenvalue weighted by molar-refractivity contribution is 5.96. The molecule has 6 heteroatoms. The first kappa shape index (κ1) is 18.3. The van der Waals surface area contributed by atoms with E-state index in [0.29, 0.717) is 23.1 Å². The molecule has 1 aromatic heterocycles. The summed E-state index contributed by atoms with van der Waals surface area (Å²) in [6, 6.07) is 14.1. The molecule has 6 nitrogen and oxygen atoms in total. The number of nitrogens with zero attached hydrogens (tertiary/aromatic N) is 1. The number of ether oxygens (including phenoxy) is 1. The fourth-order valence-corrected chi connectivity index (χ4v) is 3.26. The van der Waals surface area contributed by atoms with Crippen LogP contribution >= 0.6 is 0 Å². The Kier molecular flexibility index (Phi) is 5.12. The average Bonchev–Trinajstić information content (AvgIpc) is 3.21. The molecule has 144 valence electrons. The van der Waals surface area contributed by atoms with Gasteiger partial charge in [0, 0.05) is 24.6 Å². The summed E-state index contributed by atoms with van der Waals surface area (Å²) in [7, 11) is 0. The Bertz CT molecular complexity index is 1080. The van der Waals surface area contributed by atoms with Crippen LogP contribution in [-0.2, 0) is 4.74 Å². The Morgan fingerprint density at radius 2 is 2.11 bits per heavy atom. The molecule has 0 saturated carbocycles. The lowest BCUT2D eigenvalue weighted by molar-refractivity contribution is 0.0854. The van der Waals surface area contributed by atoms with Crippen molar-refractivity contribution in [2.75, 3.05) is 13.2 Å². The van der Waals surface area contributed by atoms with Gasteiger partial charge >= 0.3 is 0 Å². The molecule has 1 atom stereocenters. The van der Waals surface area contributed by atoms with Crippen molar-refractivity contribution in [1.29, 1.82) is 0 Å². The Labute approximate surface area is 162 Å². The second-order valence-corrected chi connectivity index (χ2v) is 6.93. The second kappa shape index (κ2) is 7.86. The van der Waals surface area contributed by atoms with Gasteiger partial charge < -0.3 is 19.6 Å². The number of hydrogen-bond acceptors (Lipinski definition) is 5. The minimum absolute atomic E-state index is 0.0510. The molecule has 28 heavy (non-hydrogen) atoms. The molecule has 2 aromatic carbocycles. The maximum atomic E-state index is 12.9. The number of rotatable bonds is 4. The van der Waals surface area contributed by atoms with Gasteiger partial charge in [-0.1, -0.05) is 18.2 Å². The van der Waals surface area contributed by atoms with Gasteiger partial charge in [-0.05, 0) is 49.6 Å². The summed E-state index contributed by atoms with van der Waals surface area (Å²) in [5.74, 6) is -0.171. The highest BCUT2D eigenvalue weighted by Crippen LogP contribution is 2.21. The van der Waals surface area contributed by atoms with Crippen LogP contribution in [0.1, 0.15) is 28.8 Å². The highest BCUT2D eigenvalue weighted by Gasteiger charge is 2.18. The third kappa shape index (κ3) is 3.92. The summed E-state index contributed by atoms with van der Waals surface area (Å²) >= 11 is 0. The van der Waals surface area contributed by atoms with Gasteiger partial charge in [0.1, 0.15) is 16.9 Å². The number of aromatic hydroxyl groups is 1. The summed E-state index contributed by atoms with van der Waals surface area (Å²) in [6.45, 7) is 3.14. The molecule has 1 aliphatic rings. The standard InChI is InChI=1S/C22H22N2O4/c1-14-5-2-3-7-19(14)24-22-18(21(26)23-13-17-6-4-10-27-17)11-15-8-9-16(25)12-20(15)28-22/h2-3,5,7-9,11-12,17,25H,4,6,10,13H2,1H3,(H,23,26)/t17-/m0/s1. The fraction of sp³-hybridized carbons (Fsp3) is 0.273. The molecule has 1 aliphatic heterocycles. The van der Waals surface area contributed by atoms with Crippen molar-refractivity contribution in [2.24, 2.45) is 4.99 Å². The zero-order chi connectivity index (χ0) is 19.5. The van der Waals surface area contributed by atoms with E-state index in [-0.39, 0.29) is 23.3 Å². The Balaban J connectivity index is 1.77. The van der Waals surface area contributed by atoms with Gasteiger partial charge in [0.25, 0.3) is 5.91 Å².